The van der Waals surface area contributed by atoms with Crippen molar-refractivity contribution in [2.45, 2.75) is 6.18 Å². The molecule has 0 atom stereocenters. The average Bonchev–Trinajstić information content (AvgIpc) is 2.73. The number of pyridine rings is 2. The number of carbonyl (C=O) groups excluding carboxylic acids is 1. The van der Waals surface area contributed by atoms with Crippen molar-refractivity contribution in [1.29, 1.82) is 0 Å². The zero-order valence-corrected chi connectivity index (χ0v) is 15.2. The zero-order chi connectivity index (χ0) is 21.3. The molecule has 0 saturated heterocycles. The van der Waals surface area contributed by atoms with Gasteiger partial charge in [-0.05, 0) is 42.5 Å². The molecule has 4 nitrogen and oxygen atoms in total. The quantitative estimate of drug-likeness (QED) is 0.440. The summed E-state index contributed by atoms with van der Waals surface area (Å²) < 4.78 is 53.2. The highest BCUT2D eigenvalue weighted by molar-refractivity contribution is 6.12. The molecule has 4 rings (SSSR count). The van der Waals surface area contributed by atoms with Crippen molar-refractivity contribution in [3.63, 3.8) is 0 Å². The lowest BCUT2D eigenvalue weighted by Gasteiger charge is -2.11. The van der Waals surface area contributed by atoms with Gasteiger partial charge in [-0.1, -0.05) is 18.2 Å². The van der Waals surface area contributed by atoms with Crippen molar-refractivity contribution in [1.82, 2.24) is 9.97 Å². The molecular weight excluding hydrogens is 398 g/mol. The van der Waals surface area contributed by atoms with Gasteiger partial charge < -0.3 is 5.32 Å². The van der Waals surface area contributed by atoms with Crippen LogP contribution in [0.3, 0.4) is 0 Å². The molecule has 1 amide bonds. The van der Waals surface area contributed by atoms with Crippen molar-refractivity contribution in [2.75, 3.05) is 5.32 Å². The van der Waals surface area contributed by atoms with Crippen LogP contribution in [0.15, 0.2) is 73.1 Å². The molecule has 8 heteroatoms. The van der Waals surface area contributed by atoms with Crippen LogP contribution in [0.1, 0.15) is 15.9 Å². The van der Waals surface area contributed by atoms with E-state index >= 15 is 0 Å². The lowest BCUT2D eigenvalue weighted by Crippen LogP contribution is -2.13. The van der Waals surface area contributed by atoms with E-state index in [0.717, 1.165) is 18.2 Å². The van der Waals surface area contributed by atoms with Gasteiger partial charge in [0.1, 0.15) is 5.82 Å². The Bertz CT molecular complexity index is 1240. The van der Waals surface area contributed by atoms with E-state index in [9.17, 15) is 22.4 Å². The fourth-order valence-electron chi connectivity index (χ4n) is 3.02. The molecule has 0 unspecified atom stereocenters. The number of hydrogen-bond donors (Lipinski definition) is 1. The van der Waals surface area contributed by atoms with Crippen LogP contribution >= 0.6 is 0 Å². The zero-order valence-electron chi connectivity index (χ0n) is 15.2. The predicted molar refractivity (Wildman–Crippen MR) is 104 cm³/mol. The first-order chi connectivity index (χ1) is 14.3. The van der Waals surface area contributed by atoms with E-state index in [1.807, 2.05) is 0 Å². The predicted octanol–water partition coefficient (Wildman–Crippen LogP) is 5.71. The molecule has 1 N–H and O–H groups in total. The van der Waals surface area contributed by atoms with Gasteiger partial charge in [-0.2, -0.15) is 13.2 Å². The van der Waals surface area contributed by atoms with Gasteiger partial charge in [0.05, 0.1) is 34.2 Å². The third-order valence-corrected chi connectivity index (χ3v) is 4.41. The minimum absolute atomic E-state index is 0.0392. The molecule has 2 heterocycles. The largest absolute Gasteiger partial charge is 0.416 e. The molecule has 2 aromatic heterocycles. The summed E-state index contributed by atoms with van der Waals surface area (Å²) >= 11 is 0. The number of carbonyl (C=O) groups is 1. The molecule has 0 aliphatic carbocycles. The summed E-state index contributed by atoms with van der Waals surface area (Å²) in [5.74, 6) is -1.24. The number of anilines is 1. The molecule has 30 heavy (non-hydrogen) atoms. The highest BCUT2D eigenvalue weighted by atomic mass is 19.4. The summed E-state index contributed by atoms with van der Waals surface area (Å²) in [7, 11) is 0. The van der Waals surface area contributed by atoms with Crippen molar-refractivity contribution in [2.24, 2.45) is 0 Å². The van der Waals surface area contributed by atoms with E-state index < -0.39 is 23.5 Å². The second kappa shape index (κ2) is 7.55. The van der Waals surface area contributed by atoms with Crippen molar-refractivity contribution in [3.05, 3.63) is 90.0 Å². The number of aromatic nitrogens is 2. The monoisotopic (exact) mass is 411 g/mol. The van der Waals surface area contributed by atoms with Crippen LogP contribution in [0.25, 0.3) is 22.2 Å². The Hall–Kier alpha value is -3.81. The van der Waals surface area contributed by atoms with E-state index in [0.29, 0.717) is 11.1 Å². The highest BCUT2D eigenvalue weighted by Gasteiger charge is 2.30. The molecular formula is C22H13F4N3O. The lowest BCUT2D eigenvalue weighted by atomic mass is 10.0. The number of alkyl halides is 3. The summed E-state index contributed by atoms with van der Waals surface area (Å²) in [4.78, 5) is 21.0. The Morgan fingerprint density at radius 2 is 1.80 bits per heavy atom. The van der Waals surface area contributed by atoms with E-state index in [1.54, 1.807) is 12.1 Å². The number of benzene rings is 2. The molecule has 2 aromatic carbocycles. The van der Waals surface area contributed by atoms with Gasteiger partial charge in [0.25, 0.3) is 5.91 Å². The number of halogens is 4. The molecule has 0 saturated carbocycles. The first kappa shape index (κ1) is 19.5. The topological polar surface area (TPSA) is 54.9 Å². The summed E-state index contributed by atoms with van der Waals surface area (Å²) in [5, 5.41) is 2.96. The molecule has 0 spiro atoms. The van der Waals surface area contributed by atoms with Crippen LogP contribution in [0.4, 0.5) is 23.2 Å². The number of hydrogen-bond acceptors (Lipinski definition) is 3. The SMILES string of the molecule is O=C(Nc1cccnc1)c1cc(F)cc2ccc(-c3cccc(C(F)(F)F)c3)nc12. The third-order valence-electron chi connectivity index (χ3n) is 4.41. The average molecular weight is 411 g/mol. The van der Waals surface area contributed by atoms with Crippen LogP contribution in [-0.2, 0) is 6.18 Å². The molecule has 0 fully saturated rings. The Morgan fingerprint density at radius 1 is 0.967 bits per heavy atom. The van der Waals surface area contributed by atoms with Gasteiger partial charge in [0, 0.05) is 17.1 Å². The second-order valence-electron chi connectivity index (χ2n) is 6.50. The first-order valence-corrected chi connectivity index (χ1v) is 8.80. The smallest absolute Gasteiger partial charge is 0.321 e. The van der Waals surface area contributed by atoms with Gasteiger partial charge in [0.15, 0.2) is 0 Å². The van der Waals surface area contributed by atoms with E-state index in [1.165, 1.54) is 42.7 Å². The van der Waals surface area contributed by atoms with Crippen molar-refractivity contribution >= 4 is 22.5 Å². The van der Waals surface area contributed by atoms with E-state index in [-0.39, 0.29) is 22.3 Å². The van der Waals surface area contributed by atoms with Gasteiger partial charge >= 0.3 is 6.18 Å². The van der Waals surface area contributed by atoms with Crippen molar-refractivity contribution < 1.29 is 22.4 Å². The van der Waals surface area contributed by atoms with Gasteiger partial charge in [-0.3, -0.25) is 9.78 Å². The Kier molecular flexibility index (Phi) is 4.91. The maximum absolute atomic E-state index is 14.1. The van der Waals surface area contributed by atoms with Crippen LogP contribution in [0, 0.1) is 5.82 Å². The number of nitrogens with zero attached hydrogens (tertiary/aromatic N) is 2. The molecule has 0 radical (unpaired) electrons. The van der Waals surface area contributed by atoms with Crippen LogP contribution in [0.5, 0.6) is 0 Å². The Balaban J connectivity index is 1.80. The third kappa shape index (κ3) is 3.98. The summed E-state index contributed by atoms with van der Waals surface area (Å²) in [6, 6.07) is 13.2. The molecule has 150 valence electrons. The Morgan fingerprint density at radius 3 is 2.53 bits per heavy atom. The normalized spacial score (nSPS) is 11.5. The molecule has 0 aliphatic heterocycles. The molecule has 0 aliphatic rings. The maximum atomic E-state index is 14.1. The second-order valence-corrected chi connectivity index (χ2v) is 6.50. The maximum Gasteiger partial charge on any atom is 0.416 e. The van der Waals surface area contributed by atoms with Crippen LogP contribution < -0.4 is 5.32 Å². The fourth-order valence-corrected chi connectivity index (χ4v) is 3.02. The van der Waals surface area contributed by atoms with E-state index in [2.05, 4.69) is 15.3 Å². The molecule has 4 aromatic rings. The number of nitrogens with one attached hydrogen (secondary N) is 1. The highest BCUT2D eigenvalue weighted by Crippen LogP contribution is 2.32. The summed E-state index contributed by atoms with van der Waals surface area (Å²) in [5.41, 5.74) is 0.199. The van der Waals surface area contributed by atoms with Gasteiger partial charge in [-0.25, -0.2) is 9.37 Å². The fraction of sp³-hybridized carbons (Fsp3) is 0.0455. The van der Waals surface area contributed by atoms with Gasteiger partial charge in [-0.15, -0.1) is 0 Å². The minimum atomic E-state index is -4.50. The number of fused-ring (bicyclic) bond motifs is 1. The molecule has 0 bridgehead atoms. The number of rotatable bonds is 3. The minimum Gasteiger partial charge on any atom is -0.321 e. The van der Waals surface area contributed by atoms with Crippen LogP contribution in [0.2, 0.25) is 0 Å². The lowest BCUT2D eigenvalue weighted by molar-refractivity contribution is -0.137. The summed E-state index contributed by atoms with van der Waals surface area (Å²) in [6.45, 7) is 0. The Labute approximate surface area is 168 Å². The van der Waals surface area contributed by atoms with E-state index in [4.69, 9.17) is 0 Å². The van der Waals surface area contributed by atoms with Crippen molar-refractivity contribution in [3.8, 4) is 11.3 Å². The first-order valence-electron chi connectivity index (χ1n) is 8.80. The summed E-state index contributed by atoms with van der Waals surface area (Å²) in [6.07, 6.45) is -1.53. The standard InChI is InChI=1S/C22H13F4N3O/c23-16-10-14-6-7-19(13-3-1-4-15(9-13)22(24,25)26)29-20(14)18(11-16)21(30)28-17-5-2-8-27-12-17/h1-12H,(H,28,30). The number of amides is 1. The van der Waals surface area contributed by atoms with Crippen LogP contribution in [-0.4, -0.2) is 15.9 Å². The van der Waals surface area contributed by atoms with Gasteiger partial charge in [0.2, 0.25) is 0 Å².